The third kappa shape index (κ3) is 4.88. The Balaban J connectivity index is 1.55. The number of para-hydroxylation sites is 1. The molecule has 0 bridgehead atoms. The average Bonchev–Trinajstić information content (AvgIpc) is 2.79. The average molecular weight is 523 g/mol. The van der Waals surface area contributed by atoms with Gasteiger partial charge in [0.25, 0.3) is 5.91 Å². The van der Waals surface area contributed by atoms with Crippen molar-refractivity contribution in [1.29, 1.82) is 0 Å². The number of amides is 1. The summed E-state index contributed by atoms with van der Waals surface area (Å²) in [4.78, 5) is 34.1. The van der Waals surface area contributed by atoms with Crippen molar-refractivity contribution in [1.82, 2.24) is 9.97 Å². The molecule has 0 saturated heterocycles. The molecule has 0 saturated carbocycles. The van der Waals surface area contributed by atoms with Crippen LogP contribution in [-0.4, -0.2) is 28.5 Å². The lowest BCUT2D eigenvalue weighted by molar-refractivity contribution is -0.119. The van der Waals surface area contributed by atoms with Crippen molar-refractivity contribution in [3.05, 3.63) is 87.6 Å². The molecule has 2 heterocycles. The first-order valence-electron chi connectivity index (χ1n) is 9.55. The third-order valence-corrected chi connectivity index (χ3v) is 5.33. The van der Waals surface area contributed by atoms with Crippen LogP contribution in [0.15, 0.2) is 72.9 Å². The van der Waals surface area contributed by atoms with Crippen LogP contribution in [0.5, 0.6) is 0 Å². The highest BCUT2D eigenvalue weighted by Gasteiger charge is 2.17. The van der Waals surface area contributed by atoms with Crippen molar-refractivity contribution in [2.75, 3.05) is 11.9 Å². The zero-order chi connectivity index (χ0) is 21.8. The maximum absolute atomic E-state index is 12.9. The summed E-state index contributed by atoms with van der Waals surface area (Å²) in [6, 6.07) is 20.1. The largest absolute Gasteiger partial charge is 0.452 e. The van der Waals surface area contributed by atoms with Crippen molar-refractivity contribution in [3.8, 4) is 11.4 Å². The Morgan fingerprint density at radius 2 is 1.81 bits per heavy atom. The Labute approximate surface area is 192 Å². The van der Waals surface area contributed by atoms with Crippen molar-refractivity contribution in [2.45, 2.75) is 6.92 Å². The fraction of sp³-hybridized carbons (Fsp3) is 0.0833. The van der Waals surface area contributed by atoms with E-state index < -0.39 is 11.9 Å². The van der Waals surface area contributed by atoms with E-state index in [1.165, 1.54) is 0 Å². The third-order valence-electron chi connectivity index (χ3n) is 4.66. The van der Waals surface area contributed by atoms with Crippen LogP contribution in [0.3, 0.4) is 0 Å². The molecule has 0 spiro atoms. The van der Waals surface area contributed by atoms with Gasteiger partial charge in [0.2, 0.25) is 0 Å². The van der Waals surface area contributed by atoms with Gasteiger partial charge < -0.3 is 10.1 Å². The van der Waals surface area contributed by atoms with Crippen molar-refractivity contribution in [3.63, 3.8) is 0 Å². The molecule has 31 heavy (non-hydrogen) atoms. The van der Waals surface area contributed by atoms with Crippen LogP contribution in [0.25, 0.3) is 22.3 Å². The van der Waals surface area contributed by atoms with Crippen molar-refractivity contribution >= 4 is 51.1 Å². The van der Waals surface area contributed by atoms with Crippen molar-refractivity contribution in [2.24, 2.45) is 0 Å². The summed E-state index contributed by atoms with van der Waals surface area (Å²) in [5.41, 5.74) is 3.82. The van der Waals surface area contributed by atoms with Gasteiger partial charge in [0.15, 0.2) is 6.61 Å². The number of hydrogen-bond donors (Lipinski definition) is 1. The van der Waals surface area contributed by atoms with Crippen LogP contribution in [0.4, 0.5) is 5.69 Å². The van der Waals surface area contributed by atoms with E-state index in [-0.39, 0.29) is 6.61 Å². The normalized spacial score (nSPS) is 10.6. The molecule has 7 heteroatoms. The number of nitrogens with one attached hydrogen (secondary N) is 1. The lowest BCUT2D eigenvalue weighted by Crippen LogP contribution is -2.21. The van der Waals surface area contributed by atoms with Crippen molar-refractivity contribution < 1.29 is 14.3 Å². The number of hydrogen-bond acceptors (Lipinski definition) is 5. The minimum atomic E-state index is -0.592. The minimum absolute atomic E-state index is 0.337. The van der Waals surface area contributed by atoms with E-state index >= 15 is 0 Å². The van der Waals surface area contributed by atoms with Crippen LogP contribution >= 0.6 is 22.6 Å². The molecule has 2 aromatic carbocycles. The number of halogens is 1. The summed E-state index contributed by atoms with van der Waals surface area (Å²) in [5, 5.41) is 3.43. The Bertz CT molecular complexity index is 1280. The smallest absolute Gasteiger partial charge is 0.339 e. The zero-order valence-corrected chi connectivity index (χ0v) is 18.8. The molecule has 0 aliphatic rings. The van der Waals surface area contributed by atoms with E-state index in [1.807, 2.05) is 61.5 Å². The number of carbonyl (C=O) groups is 2. The predicted octanol–water partition coefficient (Wildman–Crippen LogP) is 5.01. The van der Waals surface area contributed by atoms with Gasteiger partial charge in [-0.3, -0.25) is 9.78 Å². The second-order valence-electron chi connectivity index (χ2n) is 6.87. The molecule has 4 aromatic rings. The number of aryl methyl sites for hydroxylation is 1. The maximum atomic E-state index is 12.9. The fourth-order valence-electron chi connectivity index (χ4n) is 3.15. The van der Waals surface area contributed by atoms with Crippen LogP contribution in [0.1, 0.15) is 15.9 Å². The fourth-order valence-corrected chi connectivity index (χ4v) is 3.80. The monoisotopic (exact) mass is 523 g/mol. The molecule has 6 nitrogen and oxygen atoms in total. The standard InChI is InChI=1S/C24H18IN3O3/c1-15-12-16(25)9-10-19(15)28-23(29)14-31-24(30)18-13-22(21-8-4-5-11-26-21)27-20-7-3-2-6-17(18)20/h2-13H,14H2,1H3,(H,28,29). The van der Waals surface area contributed by atoms with Gasteiger partial charge in [-0.1, -0.05) is 24.3 Å². The van der Waals surface area contributed by atoms with E-state index in [9.17, 15) is 9.59 Å². The molecule has 0 fully saturated rings. The first-order chi connectivity index (χ1) is 15.0. The SMILES string of the molecule is Cc1cc(I)ccc1NC(=O)COC(=O)c1cc(-c2ccccn2)nc2ccccc12. The topological polar surface area (TPSA) is 81.2 Å². The number of ether oxygens (including phenoxy) is 1. The Morgan fingerprint density at radius 1 is 1.00 bits per heavy atom. The van der Waals surface area contributed by atoms with Gasteiger partial charge in [0.05, 0.1) is 22.5 Å². The number of anilines is 1. The summed E-state index contributed by atoms with van der Waals surface area (Å²) in [6.45, 7) is 1.52. The summed E-state index contributed by atoms with van der Waals surface area (Å²) in [7, 11) is 0. The van der Waals surface area contributed by atoms with Gasteiger partial charge in [-0.15, -0.1) is 0 Å². The van der Waals surface area contributed by atoms with E-state index in [0.717, 1.165) is 9.13 Å². The van der Waals surface area contributed by atoms with Crippen LogP contribution < -0.4 is 5.32 Å². The van der Waals surface area contributed by atoms with Gasteiger partial charge in [-0.2, -0.15) is 0 Å². The second kappa shape index (κ2) is 9.22. The first kappa shape index (κ1) is 20.9. The molecule has 1 N–H and O–H groups in total. The number of aromatic nitrogens is 2. The van der Waals surface area contributed by atoms with Gasteiger partial charge in [-0.25, -0.2) is 9.78 Å². The maximum Gasteiger partial charge on any atom is 0.339 e. The number of pyridine rings is 2. The highest BCUT2D eigenvalue weighted by atomic mass is 127. The number of rotatable bonds is 5. The Hall–Kier alpha value is -3.33. The lowest BCUT2D eigenvalue weighted by Gasteiger charge is -2.11. The Morgan fingerprint density at radius 3 is 2.58 bits per heavy atom. The summed E-state index contributed by atoms with van der Waals surface area (Å²) < 4.78 is 6.40. The van der Waals surface area contributed by atoms with Crippen LogP contribution in [0.2, 0.25) is 0 Å². The molecule has 0 atom stereocenters. The molecular formula is C24H18IN3O3. The van der Waals surface area contributed by atoms with Crippen LogP contribution in [-0.2, 0) is 9.53 Å². The summed E-state index contributed by atoms with van der Waals surface area (Å²) >= 11 is 2.21. The van der Waals surface area contributed by atoms with Gasteiger partial charge in [0.1, 0.15) is 0 Å². The van der Waals surface area contributed by atoms with Gasteiger partial charge >= 0.3 is 5.97 Å². The van der Waals surface area contributed by atoms with E-state index in [1.54, 1.807) is 18.3 Å². The molecule has 154 valence electrons. The first-order valence-corrected chi connectivity index (χ1v) is 10.6. The molecule has 2 aromatic heterocycles. The van der Waals surface area contributed by atoms with E-state index in [2.05, 4.69) is 37.9 Å². The zero-order valence-electron chi connectivity index (χ0n) is 16.6. The number of carbonyl (C=O) groups excluding carboxylic acids is 2. The molecule has 0 radical (unpaired) electrons. The highest BCUT2D eigenvalue weighted by molar-refractivity contribution is 14.1. The molecule has 0 aliphatic carbocycles. The second-order valence-corrected chi connectivity index (χ2v) is 8.12. The van der Waals surface area contributed by atoms with Crippen LogP contribution in [0, 0.1) is 10.5 Å². The van der Waals surface area contributed by atoms with Gasteiger partial charge in [-0.05, 0) is 77.5 Å². The van der Waals surface area contributed by atoms with Gasteiger partial charge in [0, 0.05) is 20.8 Å². The molecule has 4 rings (SSSR count). The number of esters is 1. The minimum Gasteiger partial charge on any atom is -0.452 e. The lowest BCUT2D eigenvalue weighted by atomic mass is 10.1. The quantitative estimate of drug-likeness (QED) is 0.294. The number of nitrogens with zero attached hydrogens (tertiary/aromatic N) is 2. The highest BCUT2D eigenvalue weighted by Crippen LogP contribution is 2.24. The Kier molecular flexibility index (Phi) is 6.22. The summed E-state index contributed by atoms with van der Waals surface area (Å²) in [5.74, 6) is -0.994. The number of benzene rings is 2. The molecule has 1 amide bonds. The summed E-state index contributed by atoms with van der Waals surface area (Å²) in [6.07, 6.45) is 1.67. The molecular weight excluding hydrogens is 505 g/mol. The van der Waals surface area contributed by atoms with E-state index in [4.69, 9.17) is 4.74 Å². The number of fused-ring (bicyclic) bond motifs is 1. The molecule has 0 aliphatic heterocycles. The predicted molar refractivity (Wildman–Crippen MR) is 128 cm³/mol. The van der Waals surface area contributed by atoms with E-state index in [0.29, 0.717) is 33.5 Å². The molecule has 0 unspecified atom stereocenters.